The van der Waals surface area contributed by atoms with Crippen molar-refractivity contribution < 1.29 is 13.2 Å². The third kappa shape index (κ3) is 4.11. The highest BCUT2D eigenvalue weighted by atomic mass is 127. The second kappa shape index (κ2) is 6.35. The van der Waals surface area contributed by atoms with Crippen molar-refractivity contribution in [1.29, 1.82) is 0 Å². The van der Waals surface area contributed by atoms with E-state index in [2.05, 4.69) is 15.6 Å². The van der Waals surface area contributed by atoms with Crippen LogP contribution in [-0.2, 0) is 6.54 Å². The number of alkyl halides is 2. The van der Waals surface area contributed by atoms with Gasteiger partial charge in [-0.15, -0.1) is 24.0 Å². The molecule has 0 aliphatic heterocycles. The van der Waals surface area contributed by atoms with Gasteiger partial charge in [-0.3, -0.25) is 4.99 Å². The first-order chi connectivity index (χ1) is 8.09. The third-order valence-electron chi connectivity index (χ3n) is 2.66. The van der Waals surface area contributed by atoms with Crippen LogP contribution >= 0.6 is 24.0 Å². The van der Waals surface area contributed by atoms with Crippen molar-refractivity contribution in [3.63, 3.8) is 0 Å². The first kappa shape index (κ1) is 15.2. The Morgan fingerprint density at radius 3 is 2.78 bits per heavy atom. The van der Waals surface area contributed by atoms with Crippen molar-refractivity contribution in [2.24, 2.45) is 4.99 Å². The molecule has 1 aromatic rings. The van der Waals surface area contributed by atoms with Crippen LogP contribution in [0.15, 0.2) is 27.8 Å². The normalized spacial score (nSPS) is 18.7. The Balaban J connectivity index is 0.00000162. The number of hydrogen-bond donors (Lipinski definition) is 2. The zero-order valence-electron chi connectivity index (χ0n) is 9.95. The molecule has 0 saturated heterocycles. The van der Waals surface area contributed by atoms with Crippen molar-refractivity contribution in [1.82, 2.24) is 10.6 Å². The maximum Gasteiger partial charge on any atom is 0.252 e. The first-order valence-electron chi connectivity index (χ1n) is 5.46. The SMILES string of the molecule is CN=C(NCc1ccco1)NC1CC(F)(F)C1.I. The average molecular weight is 371 g/mol. The van der Waals surface area contributed by atoms with E-state index in [0.717, 1.165) is 5.76 Å². The van der Waals surface area contributed by atoms with E-state index in [9.17, 15) is 8.78 Å². The fourth-order valence-electron chi connectivity index (χ4n) is 1.74. The zero-order valence-corrected chi connectivity index (χ0v) is 12.3. The van der Waals surface area contributed by atoms with E-state index in [1.807, 2.05) is 6.07 Å². The highest BCUT2D eigenvalue weighted by Gasteiger charge is 2.45. The molecule has 1 heterocycles. The van der Waals surface area contributed by atoms with Crippen LogP contribution in [-0.4, -0.2) is 25.0 Å². The fraction of sp³-hybridized carbons (Fsp3) is 0.545. The standard InChI is InChI=1S/C11H15F2N3O.HI/c1-14-10(15-7-9-3-2-4-17-9)16-8-5-11(12,13)6-8;/h2-4,8H,5-7H2,1H3,(H2,14,15,16);1H. The molecule has 18 heavy (non-hydrogen) atoms. The molecule has 0 aromatic carbocycles. The van der Waals surface area contributed by atoms with E-state index < -0.39 is 5.92 Å². The Hall–Kier alpha value is -0.860. The quantitative estimate of drug-likeness (QED) is 0.487. The van der Waals surface area contributed by atoms with E-state index in [1.54, 1.807) is 19.4 Å². The van der Waals surface area contributed by atoms with Crippen molar-refractivity contribution in [3.8, 4) is 0 Å². The van der Waals surface area contributed by atoms with Crippen LogP contribution in [0.5, 0.6) is 0 Å². The molecule has 2 rings (SSSR count). The van der Waals surface area contributed by atoms with Gasteiger partial charge in [0, 0.05) is 25.9 Å². The summed E-state index contributed by atoms with van der Waals surface area (Å²) in [6, 6.07) is 3.42. The van der Waals surface area contributed by atoms with Gasteiger partial charge < -0.3 is 15.1 Å². The van der Waals surface area contributed by atoms with Gasteiger partial charge in [-0.25, -0.2) is 8.78 Å². The minimum atomic E-state index is -2.52. The van der Waals surface area contributed by atoms with Crippen LogP contribution in [0.2, 0.25) is 0 Å². The summed E-state index contributed by atoms with van der Waals surface area (Å²) in [4.78, 5) is 3.96. The highest BCUT2D eigenvalue weighted by Crippen LogP contribution is 2.37. The number of furan rings is 1. The molecule has 7 heteroatoms. The summed E-state index contributed by atoms with van der Waals surface area (Å²) in [5.41, 5.74) is 0. The van der Waals surface area contributed by atoms with Crippen LogP contribution in [0, 0.1) is 0 Å². The molecular weight excluding hydrogens is 355 g/mol. The number of halogens is 3. The van der Waals surface area contributed by atoms with Gasteiger partial charge in [0.1, 0.15) is 5.76 Å². The fourth-order valence-corrected chi connectivity index (χ4v) is 1.74. The van der Waals surface area contributed by atoms with Crippen LogP contribution in [0.1, 0.15) is 18.6 Å². The molecule has 0 unspecified atom stereocenters. The lowest BCUT2D eigenvalue weighted by Crippen LogP contribution is -2.53. The Morgan fingerprint density at radius 1 is 1.56 bits per heavy atom. The van der Waals surface area contributed by atoms with E-state index in [0.29, 0.717) is 12.5 Å². The van der Waals surface area contributed by atoms with Crippen LogP contribution in [0.4, 0.5) is 8.78 Å². The number of nitrogens with zero attached hydrogens (tertiary/aromatic N) is 1. The predicted octanol–water partition coefficient (Wildman–Crippen LogP) is 2.36. The molecule has 2 N–H and O–H groups in total. The molecule has 1 saturated carbocycles. The molecule has 102 valence electrons. The predicted molar refractivity (Wildman–Crippen MR) is 75.4 cm³/mol. The van der Waals surface area contributed by atoms with E-state index in [1.165, 1.54) is 0 Å². The Morgan fingerprint density at radius 2 is 2.28 bits per heavy atom. The molecule has 1 fully saturated rings. The zero-order chi connectivity index (χ0) is 12.3. The minimum Gasteiger partial charge on any atom is -0.467 e. The van der Waals surface area contributed by atoms with Gasteiger partial charge >= 0.3 is 0 Å². The lowest BCUT2D eigenvalue weighted by Gasteiger charge is -2.36. The first-order valence-corrected chi connectivity index (χ1v) is 5.46. The molecule has 1 aliphatic rings. The maximum atomic E-state index is 12.6. The maximum absolute atomic E-state index is 12.6. The topological polar surface area (TPSA) is 49.6 Å². The Kier molecular flexibility index (Phi) is 5.36. The summed E-state index contributed by atoms with van der Waals surface area (Å²) < 4.78 is 30.4. The van der Waals surface area contributed by atoms with Gasteiger partial charge in [-0.2, -0.15) is 0 Å². The molecule has 4 nitrogen and oxygen atoms in total. The molecule has 0 bridgehead atoms. The summed E-state index contributed by atoms with van der Waals surface area (Å²) in [7, 11) is 1.61. The Labute approximate surface area is 121 Å². The molecule has 0 atom stereocenters. The molecule has 1 aliphatic carbocycles. The average Bonchev–Trinajstić information content (AvgIpc) is 2.74. The van der Waals surface area contributed by atoms with E-state index in [4.69, 9.17) is 4.42 Å². The van der Waals surface area contributed by atoms with Crippen LogP contribution in [0.3, 0.4) is 0 Å². The van der Waals surface area contributed by atoms with Gasteiger partial charge in [0.25, 0.3) is 5.92 Å². The van der Waals surface area contributed by atoms with Crippen molar-refractivity contribution in [2.45, 2.75) is 31.4 Å². The number of hydrogen-bond acceptors (Lipinski definition) is 2. The number of aliphatic imine (C=N–C) groups is 1. The molecule has 1 aromatic heterocycles. The monoisotopic (exact) mass is 371 g/mol. The lowest BCUT2D eigenvalue weighted by atomic mass is 9.88. The van der Waals surface area contributed by atoms with Crippen LogP contribution < -0.4 is 10.6 Å². The summed E-state index contributed by atoms with van der Waals surface area (Å²) >= 11 is 0. The smallest absolute Gasteiger partial charge is 0.252 e. The van der Waals surface area contributed by atoms with Crippen molar-refractivity contribution in [2.75, 3.05) is 7.05 Å². The summed E-state index contributed by atoms with van der Waals surface area (Å²) in [5.74, 6) is -1.23. The largest absolute Gasteiger partial charge is 0.467 e. The number of nitrogens with one attached hydrogen (secondary N) is 2. The van der Waals surface area contributed by atoms with Gasteiger partial charge in [0.05, 0.1) is 12.8 Å². The third-order valence-corrected chi connectivity index (χ3v) is 2.66. The highest BCUT2D eigenvalue weighted by molar-refractivity contribution is 14.0. The minimum absolute atomic E-state index is 0. The summed E-state index contributed by atoms with van der Waals surface area (Å²) in [6.07, 6.45) is 1.32. The lowest BCUT2D eigenvalue weighted by molar-refractivity contribution is -0.0887. The number of rotatable bonds is 3. The van der Waals surface area contributed by atoms with Gasteiger partial charge in [0.2, 0.25) is 0 Å². The van der Waals surface area contributed by atoms with Gasteiger partial charge in [-0.1, -0.05) is 0 Å². The number of guanidine groups is 1. The molecule has 0 amide bonds. The van der Waals surface area contributed by atoms with Crippen molar-refractivity contribution >= 4 is 29.9 Å². The van der Waals surface area contributed by atoms with E-state index in [-0.39, 0.29) is 42.9 Å². The molecular formula is C11H16F2IN3O. The second-order valence-corrected chi connectivity index (χ2v) is 4.11. The second-order valence-electron chi connectivity index (χ2n) is 4.11. The Bertz CT molecular complexity index is 387. The van der Waals surface area contributed by atoms with Gasteiger partial charge in [0.15, 0.2) is 5.96 Å². The van der Waals surface area contributed by atoms with Crippen LogP contribution in [0.25, 0.3) is 0 Å². The van der Waals surface area contributed by atoms with Crippen molar-refractivity contribution in [3.05, 3.63) is 24.2 Å². The molecule has 0 spiro atoms. The van der Waals surface area contributed by atoms with E-state index >= 15 is 0 Å². The summed E-state index contributed by atoms with van der Waals surface area (Å²) in [5, 5.41) is 5.94. The molecule has 0 radical (unpaired) electrons. The summed E-state index contributed by atoms with van der Waals surface area (Å²) in [6.45, 7) is 0.482. The van der Waals surface area contributed by atoms with Gasteiger partial charge in [-0.05, 0) is 12.1 Å².